The molecule has 148 valence electrons. The monoisotopic (exact) mass is 382 g/mol. The highest BCUT2D eigenvalue weighted by molar-refractivity contribution is 5.97. The molecule has 3 N–H and O–H groups in total. The van der Waals surface area contributed by atoms with Gasteiger partial charge < -0.3 is 20.9 Å². The Bertz CT molecular complexity index is 848. The van der Waals surface area contributed by atoms with Gasteiger partial charge in [-0.15, -0.1) is 0 Å². The summed E-state index contributed by atoms with van der Waals surface area (Å²) in [5.41, 5.74) is 7.78. The van der Waals surface area contributed by atoms with Crippen LogP contribution in [-0.4, -0.2) is 59.0 Å². The molecule has 2 aromatic heterocycles. The van der Waals surface area contributed by atoms with E-state index < -0.39 is 5.91 Å². The molecule has 1 aliphatic rings. The summed E-state index contributed by atoms with van der Waals surface area (Å²) >= 11 is 0. The lowest BCUT2D eigenvalue weighted by Gasteiger charge is -2.36. The van der Waals surface area contributed by atoms with E-state index in [1.165, 1.54) is 0 Å². The van der Waals surface area contributed by atoms with E-state index in [1.54, 1.807) is 23.2 Å². The Balaban J connectivity index is 1.53. The van der Waals surface area contributed by atoms with Gasteiger partial charge in [-0.25, -0.2) is 9.78 Å². The molecule has 0 bridgehead atoms. The molecular formula is C20H26N6O2. The second-order valence-corrected chi connectivity index (χ2v) is 7.04. The number of anilines is 1. The number of urea groups is 1. The van der Waals surface area contributed by atoms with Gasteiger partial charge in [0.2, 0.25) is 0 Å². The van der Waals surface area contributed by atoms with Crippen LogP contribution in [-0.2, 0) is 6.42 Å². The number of nitrogens with two attached hydrogens (primary N) is 1. The minimum atomic E-state index is -0.498. The second-order valence-electron chi connectivity index (χ2n) is 7.04. The summed E-state index contributed by atoms with van der Waals surface area (Å²) in [4.78, 5) is 36.7. The van der Waals surface area contributed by atoms with Gasteiger partial charge in [-0.05, 0) is 38.1 Å². The molecule has 8 nitrogen and oxygen atoms in total. The first-order valence-corrected chi connectivity index (χ1v) is 9.42. The van der Waals surface area contributed by atoms with Crippen LogP contribution in [0.15, 0.2) is 36.5 Å². The average molecular weight is 382 g/mol. The topological polar surface area (TPSA) is 104 Å². The largest absolute Gasteiger partial charge is 0.365 e. The number of piperazine rings is 1. The predicted molar refractivity (Wildman–Crippen MR) is 107 cm³/mol. The van der Waals surface area contributed by atoms with E-state index in [-0.39, 0.29) is 12.1 Å². The molecule has 0 spiro atoms. The molecule has 3 amide bonds. The van der Waals surface area contributed by atoms with Crippen LogP contribution in [0.25, 0.3) is 0 Å². The van der Waals surface area contributed by atoms with Crippen molar-refractivity contribution >= 4 is 17.8 Å². The molecule has 3 heterocycles. The minimum absolute atomic E-state index is 0.0166. The molecule has 8 heteroatoms. The molecule has 0 unspecified atom stereocenters. The summed E-state index contributed by atoms with van der Waals surface area (Å²) in [5, 5.41) is 3.04. The third kappa shape index (κ3) is 4.76. The van der Waals surface area contributed by atoms with Crippen molar-refractivity contribution in [1.82, 2.24) is 20.2 Å². The van der Waals surface area contributed by atoms with Crippen LogP contribution in [0.3, 0.4) is 0 Å². The Morgan fingerprint density at radius 3 is 2.61 bits per heavy atom. The number of amides is 3. The Labute approximate surface area is 164 Å². The molecule has 3 rings (SSSR count). The van der Waals surface area contributed by atoms with E-state index in [1.807, 2.05) is 36.9 Å². The van der Waals surface area contributed by atoms with Crippen molar-refractivity contribution in [1.29, 1.82) is 0 Å². The number of hydrogen-bond donors (Lipinski definition) is 2. The summed E-state index contributed by atoms with van der Waals surface area (Å²) in [6.07, 6.45) is 2.32. The van der Waals surface area contributed by atoms with Gasteiger partial charge in [0.15, 0.2) is 0 Å². The van der Waals surface area contributed by atoms with Crippen LogP contribution in [0.4, 0.5) is 10.6 Å². The van der Waals surface area contributed by atoms with E-state index >= 15 is 0 Å². The highest BCUT2D eigenvalue weighted by atomic mass is 16.2. The van der Waals surface area contributed by atoms with Crippen molar-refractivity contribution in [2.75, 3.05) is 31.1 Å². The van der Waals surface area contributed by atoms with E-state index in [4.69, 9.17) is 5.73 Å². The van der Waals surface area contributed by atoms with E-state index in [0.717, 1.165) is 11.4 Å². The summed E-state index contributed by atoms with van der Waals surface area (Å²) in [5.74, 6) is 0.0794. The molecule has 0 aromatic carbocycles. The number of hydrogen-bond acceptors (Lipinski definition) is 5. The van der Waals surface area contributed by atoms with Crippen LogP contribution >= 0.6 is 0 Å². The third-order valence-corrected chi connectivity index (χ3v) is 4.75. The van der Waals surface area contributed by atoms with Crippen molar-refractivity contribution in [2.45, 2.75) is 26.3 Å². The van der Waals surface area contributed by atoms with Gasteiger partial charge in [0.05, 0.1) is 5.56 Å². The number of nitrogens with one attached hydrogen (secondary N) is 1. The normalized spacial score (nSPS) is 15.2. The van der Waals surface area contributed by atoms with Gasteiger partial charge in [0, 0.05) is 56.2 Å². The zero-order chi connectivity index (χ0) is 20.1. The molecule has 1 atom stereocenters. The van der Waals surface area contributed by atoms with Crippen molar-refractivity contribution < 1.29 is 9.59 Å². The molecule has 0 aliphatic carbocycles. The standard InChI is InChI=1S/C20H26N6O2/c1-14-5-3-6-16(23-14)13-15(2)24-20(28)26-11-9-25(10-12-26)19-17(18(21)27)7-4-8-22-19/h3-8,15H,9-13H2,1-2H3,(H2,21,27)(H,24,28)/t15-/m1/s1. The van der Waals surface area contributed by atoms with Gasteiger partial charge in [-0.2, -0.15) is 0 Å². The lowest BCUT2D eigenvalue weighted by molar-refractivity contribution is 0.1000. The lowest BCUT2D eigenvalue weighted by Crippen LogP contribution is -2.53. The fourth-order valence-electron chi connectivity index (χ4n) is 3.34. The van der Waals surface area contributed by atoms with E-state index in [9.17, 15) is 9.59 Å². The molecular weight excluding hydrogens is 356 g/mol. The summed E-state index contributed by atoms with van der Waals surface area (Å²) in [6.45, 7) is 6.23. The number of carbonyl (C=O) groups excluding carboxylic acids is 2. The Hall–Kier alpha value is -3.16. The first-order valence-electron chi connectivity index (χ1n) is 9.42. The van der Waals surface area contributed by atoms with Gasteiger partial charge >= 0.3 is 6.03 Å². The maximum Gasteiger partial charge on any atom is 0.317 e. The van der Waals surface area contributed by atoms with Crippen LogP contribution in [0.5, 0.6) is 0 Å². The smallest absolute Gasteiger partial charge is 0.317 e. The number of pyridine rings is 2. The molecule has 0 radical (unpaired) electrons. The van der Waals surface area contributed by atoms with Gasteiger partial charge in [0.1, 0.15) is 5.82 Å². The SMILES string of the molecule is Cc1cccc(C[C@@H](C)NC(=O)N2CCN(c3ncccc3C(N)=O)CC2)n1. The Morgan fingerprint density at radius 1 is 1.18 bits per heavy atom. The van der Waals surface area contributed by atoms with Crippen LogP contribution in [0.2, 0.25) is 0 Å². The lowest BCUT2D eigenvalue weighted by atomic mass is 10.1. The molecule has 28 heavy (non-hydrogen) atoms. The molecule has 0 saturated carbocycles. The maximum atomic E-state index is 12.6. The number of aryl methyl sites for hydroxylation is 1. The first-order chi connectivity index (χ1) is 13.4. The van der Waals surface area contributed by atoms with Crippen LogP contribution < -0.4 is 16.0 Å². The zero-order valence-electron chi connectivity index (χ0n) is 16.3. The number of nitrogens with zero attached hydrogens (tertiary/aromatic N) is 4. The zero-order valence-corrected chi connectivity index (χ0v) is 16.3. The van der Waals surface area contributed by atoms with Gasteiger partial charge in [-0.3, -0.25) is 9.78 Å². The fourth-order valence-corrected chi connectivity index (χ4v) is 3.34. The fraction of sp³-hybridized carbons (Fsp3) is 0.400. The predicted octanol–water partition coefficient (Wildman–Crippen LogP) is 1.35. The second kappa shape index (κ2) is 8.69. The van der Waals surface area contributed by atoms with Gasteiger partial charge in [-0.1, -0.05) is 6.07 Å². The van der Waals surface area contributed by atoms with Crippen LogP contribution in [0, 0.1) is 6.92 Å². The highest BCUT2D eigenvalue weighted by Crippen LogP contribution is 2.18. The number of carbonyl (C=O) groups is 2. The highest BCUT2D eigenvalue weighted by Gasteiger charge is 2.25. The summed E-state index contributed by atoms with van der Waals surface area (Å²) < 4.78 is 0. The number of aromatic nitrogens is 2. The molecule has 1 fully saturated rings. The third-order valence-electron chi connectivity index (χ3n) is 4.75. The van der Waals surface area contributed by atoms with Crippen molar-refractivity contribution in [3.8, 4) is 0 Å². The van der Waals surface area contributed by atoms with E-state index in [0.29, 0.717) is 44.0 Å². The average Bonchev–Trinajstić information content (AvgIpc) is 2.68. The Morgan fingerprint density at radius 2 is 1.93 bits per heavy atom. The van der Waals surface area contributed by atoms with Crippen molar-refractivity contribution in [3.05, 3.63) is 53.5 Å². The summed E-state index contributed by atoms with van der Waals surface area (Å²) in [6, 6.07) is 9.16. The molecule has 1 aliphatic heterocycles. The molecule has 2 aromatic rings. The number of rotatable bonds is 5. The maximum absolute atomic E-state index is 12.6. The first kappa shape index (κ1) is 19.6. The Kier molecular flexibility index (Phi) is 6.08. The van der Waals surface area contributed by atoms with Crippen molar-refractivity contribution in [2.24, 2.45) is 5.73 Å². The van der Waals surface area contributed by atoms with Gasteiger partial charge in [0.25, 0.3) is 5.91 Å². The quantitative estimate of drug-likeness (QED) is 0.812. The summed E-state index contributed by atoms with van der Waals surface area (Å²) in [7, 11) is 0. The number of primary amides is 1. The van der Waals surface area contributed by atoms with Crippen molar-refractivity contribution in [3.63, 3.8) is 0 Å². The van der Waals surface area contributed by atoms with E-state index in [2.05, 4.69) is 15.3 Å². The molecule has 1 saturated heterocycles. The minimum Gasteiger partial charge on any atom is -0.365 e. The van der Waals surface area contributed by atoms with Crippen LogP contribution in [0.1, 0.15) is 28.7 Å².